The van der Waals surface area contributed by atoms with Crippen LogP contribution in [0.4, 0.5) is 0 Å². The van der Waals surface area contributed by atoms with E-state index in [0.717, 1.165) is 5.56 Å². The lowest BCUT2D eigenvalue weighted by Crippen LogP contribution is -2.40. The van der Waals surface area contributed by atoms with Gasteiger partial charge in [-0.2, -0.15) is 5.10 Å². The summed E-state index contributed by atoms with van der Waals surface area (Å²) in [6.45, 7) is 5.69. The molecule has 0 spiro atoms. The summed E-state index contributed by atoms with van der Waals surface area (Å²) < 4.78 is 7.06. The monoisotopic (exact) mass is 372 g/mol. The van der Waals surface area contributed by atoms with Crippen molar-refractivity contribution in [1.29, 1.82) is 0 Å². The maximum atomic E-state index is 12.7. The molecule has 2 aromatic rings. The molecule has 1 aromatic heterocycles. The van der Waals surface area contributed by atoms with Crippen LogP contribution in [-0.2, 0) is 6.54 Å². The summed E-state index contributed by atoms with van der Waals surface area (Å²) in [4.78, 5) is 16.5. The summed E-state index contributed by atoms with van der Waals surface area (Å²) in [7, 11) is 3.57. The minimum absolute atomic E-state index is 0.0692. The zero-order valence-corrected chi connectivity index (χ0v) is 16.4. The van der Waals surface area contributed by atoms with Gasteiger partial charge in [0, 0.05) is 43.0 Å². The smallest absolute Gasteiger partial charge is 0.254 e. The maximum Gasteiger partial charge on any atom is 0.254 e. The minimum Gasteiger partial charge on any atom is -0.497 e. The number of aliphatic hydroxyl groups excluding tert-OH is 1. The second kappa shape index (κ2) is 8.10. The van der Waals surface area contributed by atoms with Crippen molar-refractivity contribution in [2.75, 3.05) is 27.2 Å². The van der Waals surface area contributed by atoms with Gasteiger partial charge in [0.25, 0.3) is 5.91 Å². The molecule has 1 N–H and O–H groups in total. The Morgan fingerprint density at radius 1 is 1.33 bits per heavy atom. The second-order valence-corrected chi connectivity index (χ2v) is 7.41. The third-order valence-corrected chi connectivity index (χ3v) is 5.07. The molecule has 7 heteroatoms. The summed E-state index contributed by atoms with van der Waals surface area (Å²) in [6, 6.07) is 7.27. The van der Waals surface area contributed by atoms with Crippen LogP contribution in [0.1, 0.15) is 35.8 Å². The van der Waals surface area contributed by atoms with Crippen molar-refractivity contribution in [3.05, 3.63) is 47.8 Å². The molecule has 1 saturated heterocycles. The molecular formula is C20H28N4O3. The number of methoxy groups -OCH3 is 1. The first kappa shape index (κ1) is 19.4. The van der Waals surface area contributed by atoms with Crippen molar-refractivity contribution in [2.45, 2.75) is 38.6 Å². The fourth-order valence-corrected chi connectivity index (χ4v) is 3.43. The summed E-state index contributed by atoms with van der Waals surface area (Å²) >= 11 is 0. The fraction of sp³-hybridized carbons (Fsp3) is 0.500. The van der Waals surface area contributed by atoms with Gasteiger partial charge in [-0.05, 0) is 45.2 Å². The number of hydrogen-bond donors (Lipinski definition) is 1. The number of amides is 1. The number of benzene rings is 1. The lowest BCUT2D eigenvalue weighted by atomic mass is 10.2. The van der Waals surface area contributed by atoms with E-state index >= 15 is 0 Å². The van der Waals surface area contributed by atoms with Gasteiger partial charge in [0.15, 0.2) is 0 Å². The Morgan fingerprint density at radius 3 is 2.63 bits per heavy atom. The first-order chi connectivity index (χ1) is 12.9. The van der Waals surface area contributed by atoms with E-state index in [9.17, 15) is 9.90 Å². The van der Waals surface area contributed by atoms with Crippen molar-refractivity contribution >= 4 is 5.91 Å². The van der Waals surface area contributed by atoms with E-state index in [2.05, 4.69) is 23.8 Å². The molecule has 2 atom stereocenters. The van der Waals surface area contributed by atoms with Gasteiger partial charge in [-0.25, -0.2) is 0 Å². The fourth-order valence-electron chi connectivity index (χ4n) is 3.43. The number of likely N-dealkylation sites (tertiary alicyclic amines) is 1. The highest BCUT2D eigenvalue weighted by molar-refractivity contribution is 5.94. The van der Waals surface area contributed by atoms with Gasteiger partial charge in [-0.15, -0.1) is 0 Å². The number of hydrogen-bond acceptors (Lipinski definition) is 5. The average molecular weight is 372 g/mol. The summed E-state index contributed by atoms with van der Waals surface area (Å²) in [6.07, 6.45) is 3.32. The van der Waals surface area contributed by atoms with Gasteiger partial charge in [0.1, 0.15) is 5.75 Å². The Hall–Kier alpha value is -2.38. The molecule has 0 aliphatic carbocycles. The van der Waals surface area contributed by atoms with Crippen molar-refractivity contribution in [1.82, 2.24) is 19.6 Å². The topological polar surface area (TPSA) is 70.8 Å². The van der Waals surface area contributed by atoms with Gasteiger partial charge >= 0.3 is 0 Å². The van der Waals surface area contributed by atoms with Crippen LogP contribution >= 0.6 is 0 Å². The Morgan fingerprint density at radius 2 is 2.04 bits per heavy atom. The number of rotatable bonds is 6. The highest BCUT2D eigenvalue weighted by Gasteiger charge is 2.36. The lowest BCUT2D eigenvalue weighted by Gasteiger charge is -2.25. The molecule has 3 rings (SSSR count). The van der Waals surface area contributed by atoms with Crippen LogP contribution in [-0.4, -0.2) is 70.0 Å². The quantitative estimate of drug-likeness (QED) is 0.837. The van der Waals surface area contributed by atoms with Gasteiger partial charge in [0.2, 0.25) is 0 Å². The molecule has 1 fully saturated rings. The average Bonchev–Trinajstić information content (AvgIpc) is 3.28. The molecule has 0 bridgehead atoms. The van der Waals surface area contributed by atoms with E-state index in [-0.39, 0.29) is 11.9 Å². The molecule has 0 unspecified atom stereocenters. The van der Waals surface area contributed by atoms with Gasteiger partial charge < -0.3 is 14.7 Å². The van der Waals surface area contributed by atoms with Crippen molar-refractivity contribution in [3.8, 4) is 5.75 Å². The summed E-state index contributed by atoms with van der Waals surface area (Å²) in [5, 5.41) is 14.9. The van der Waals surface area contributed by atoms with E-state index in [4.69, 9.17) is 4.74 Å². The molecule has 2 heterocycles. The highest BCUT2D eigenvalue weighted by Crippen LogP contribution is 2.21. The van der Waals surface area contributed by atoms with Crippen LogP contribution in [0, 0.1) is 0 Å². The largest absolute Gasteiger partial charge is 0.497 e. The number of carbonyl (C=O) groups excluding carboxylic acids is 1. The van der Waals surface area contributed by atoms with Crippen LogP contribution in [0.5, 0.6) is 5.75 Å². The van der Waals surface area contributed by atoms with E-state index in [1.54, 1.807) is 36.3 Å². The van der Waals surface area contributed by atoms with Gasteiger partial charge in [0.05, 0.1) is 25.5 Å². The van der Waals surface area contributed by atoms with Gasteiger partial charge in [-0.3, -0.25) is 14.4 Å². The van der Waals surface area contributed by atoms with E-state index in [1.165, 1.54) is 0 Å². The highest BCUT2D eigenvalue weighted by atomic mass is 16.5. The van der Waals surface area contributed by atoms with Crippen LogP contribution in [0.15, 0.2) is 36.7 Å². The normalized spacial score (nSPS) is 19.9. The van der Waals surface area contributed by atoms with E-state index in [1.807, 2.05) is 24.1 Å². The first-order valence-corrected chi connectivity index (χ1v) is 9.23. The number of nitrogens with zero attached hydrogens (tertiary/aromatic N) is 4. The second-order valence-electron chi connectivity index (χ2n) is 7.41. The molecule has 7 nitrogen and oxygen atoms in total. The summed E-state index contributed by atoms with van der Waals surface area (Å²) in [5.74, 6) is 0.646. The molecule has 1 aromatic carbocycles. The van der Waals surface area contributed by atoms with E-state index < -0.39 is 6.10 Å². The van der Waals surface area contributed by atoms with Crippen molar-refractivity contribution in [2.24, 2.45) is 0 Å². The number of aromatic nitrogens is 2. The molecule has 1 amide bonds. The van der Waals surface area contributed by atoms with Crippen LogP contribution in [0.2, 0.25) is 0 Å². The van der Waals surface area contributed by atoms with Crippen LogP contribution in [0.25, 0.3) is 0 Å². The zero-order valence-electron chi connectivity index (χ0n) is 16.4. The Kier molecular flexibility index (Phi) is 5.82. The maximum absolute atomic E-state index is 12.7. The van der Waals surface area contributed by atoms with Crippen LogP contribution < -0.4 is 4.74 Å². The van der Waals surface area contributed by atoms with Crippen molar-refractivity contribution in [3.63, 3.8) is 0 Å². The number of likely N-dealkylation sites (N-methyl/N-ethyl adjacent to an activating group) is 1. The zero-order chi connectivity index (χ0) is 19.6. The van der Waals surface area contributed by atoms with Crippen LogP contribution in [0.3, 0.4) is 0 Å². The first-order valence-electron chi connectivity index (χ1n) is 9.23. The Labute approximate surface area is 160 Å². The summed E-state index contributed by atoms with van der Waals surface area (Å²) in [5.41, 5.74) is 1.70. The molecule has 1 aliphatic rings. The lowest BCUT2D eigenvalue weighted by molar-refractivity contribution is 0.0763. The third kappa shape index (κ3) is 4.31. The molecule has 0 radical (unpaired) electrons. The Balaban J connectivity index is 1.63. The standard InChI is InChI=1S/C20H28N4O3/c1-14(2)24-11-15(9-21-24)10-22(3)18-12-23(13-19(18)25)20(26)16-5-7-17(27-4)8-6-16/h5-9,11,14,18-19,25H,10,12-13H2,1-4H3/t18-,19-/m0/s1. The number of carbonyl (C=O) groups is 1. The number of ether oxygens (including phenoxy) is 1. The number of aliphatic hydroxyl groups is 1. The van der Waals surface area contributed by atoms with Crippen molar-refractivity contribution < 1.29 is 14.6 Å². The molecular weight excluding hydrogens is 344 g/mol. The SMILES string of the molecule is COc1ccc(C(=O)N2C[C@H](O)[C@@H](N(C)Cc3cnn(C(C)C)c3)C2)cc1. The number of β-amino-alcohol motifs (C(OH)–C–C–N with tert-alkyl or cyclic N) is 1. The molecule has 27 heavy (non-hydrogen) atoms. The predicted molar refractivity (Wildman–Crippen MR) is 103 cm³/mol. The molecule has 0 saturated carbocycles. The van der Waals surface area contributed by atoms with Gasteiger partial charge in [-0.1, -0.05) is 0 Å². The molecule has 146 valence electrons. The predicted octanol–water partition coefficient (Wildman–Crippen LogP) is 1.79. The third-order valence-electron chi connectivity index (χ3n) is 5.07. The Bertz CT molecular complexity index is 772. The van der Waals surface area contributed by atoms with E-state index in [0.29, 0.717) is 37.0 Å². The minimum atomic E-state index is -0.572. The molecule has 1 aliphatic heterocycles.